The van der Waals surface area contributed by atoms with Gasteiger partial charge in [0.25, 0.3) is 0 Å². The Labute approximate surface area is 103 Å². The second-order valence-electron chi connectivity index (χ2n) is 4.30. The van der Waals surface area contributed by atoms with Gasteiger partial charge in [-0.3, -0.25) is 0 Å². The maximum Gasteiger partial charge on any atom is 0.0459 e. The number of benzene rings is 1. The highest BCUT2D eigenvalue weighted by Crippen LogP contribution is 2.21. The molecule has 0 aliphatic heterocycles. The molecule has 0 amide bonds. The minimum Gasteiger partial charge on any atom is -0.358 e. The summed E-state index contributed by atoms with van der Waals surface area (Å²) < 4.78 is 0. The molecular weight excluding hydrogens is 210 g/mol. The summed E-state index contributed by atoms with van der Waals surface area (Å²) in [5.74, 6) is 0. The van der Waals surface area contributed by atoms with E-state index in [1.807, 2.05) is 0 Å². The lowest BCUT2D eigenvalue weighted by atomic mass is 10.1. The van der Waals surface area contributed by atoms with Crippen LogP contribution in [0.2, 0.25) is 0 Å². The van der Waals surface area contributed by atoms with E-state index in [1.165, 1.54) is 22.2 Å². The topological polar surface area (TPSA) is 39.8 Å². The van der Waals surface area contributed by atoms with Crippen molar-refractivity contribution in [2.24, 2.45) is 0 Å². The second-order valence-corrected chi connectivity index (χ2v) is 4.30. The third kappa shape index (κ3) is 2.87. The third-order valence-electron chi connectivity index (χ3n) is 3.06. The third-order valence-corrected chi connectivity index (χ3v) is 3.06. The van der Waals surface area contributed by atoms with Crippen molar-refractivity contribution in [1.82, 2.24) is 15.6 Å². The van der Waals surface area contributed by atoms with Gasteiger partial charge >= 0.3 is 0 Å². The summed E-state index contributed by atoms with van der Waals surface area (Å²) in [6.45, 7) is 8.27. The molecule has 1 aromatic carbocycles. The summed E-state index contributed by atoms with van der Waals surface area (Å²) in [7, 11) is 0. The molecule has 92 valence electrons. The summed E-state index contributed by atoms with van der Waals surface area (Å²) in [6.07, 6.45) is 0. The molecule has 3 N–H and O–H groups in total. The van der Waals surface area contributed by atoms with Crippen LogP contribution in [0.4, 0.5) is 0 Å². The number of hydrogen-bond acceptors (Lipinski definition) is 2. The van der Waals surface area contributed by atoms with Crippen molar-refractivity contribution in [2.75, 3.05) is 19.6 Å². The normalized spacial score (nSPS) is 11.2. The van der Waals surface area contributed by atoms with E-state index in [0.717, 1.165) is 26.2 Å². The first kappa shape index (κ1) is 12.1. The molecule has 0 aliphatic carbocycles. The summed E-state index contributed by atoms with van der Waals surface area (Å²) in [4.78, 5) is 3.42. The Morgan fingerprint density at radius 3 is 2.71 bits per heavy atom. The molecule has 3 heteroatoms. The molecule has 0 atom stereocenters. The predicted octanol–water partition coefficient (Wildman–Crippen LogP) is 2.18. The second kappa shape index (κ2) is 5.84. The van der Waals surface area contributed by atoms with E-state index in [1.54, 1.807) is 0 Å². The fourth-order valence-corrected chi connectivity index (χ4v) is 2.13. The Bertz CT molecular complexity index is 473. The van der Waals surface area contributed by atoms with Gasteiger partial charge < -0.3 is 15.6 Å². The number of aromatic nitrogens is 1. The van der Waals surface area contributed by atoms with Crippen LogP contribution in [0.15, 0.2) is 24.3 Å². The lowest BCUT2D eigenvalue weighted by Crippen LogP contribution is -2.26. The first-order valence-corrected chi connectivity index (χ1v) is 6.30. The van der Waals surface area contributed by atoms with Crippen molar-refractivity contribution < 1.29 is 0 Å². The van der Waals surface area contributed by atoms with Crippen LogP contribution < -0.4 is 10.6 Å². The SMILES string of the molecule is CCNCCNCc1c(C)[nH]c2ccccc12. The Morgan fingerprint density at radius 2 is 1.88 bits per heavy atom. The quantitative estimate of drug-likeness (QED) is 0.667. The molecule has 0 unspecified atom stereocenters. The summed E-state index contributed by atoms with van der Waals surface area (Å²) >= 11 is 0. The molecule has 0 aliphatic rings. The summed E-state index contributed by atoms with van der Waals surface area (Å²) in [6, 6.07) is 8.48. The van der Waals surface area contributed by atoms with Crippen molar-refractivity contribution in [3.05, 3.63) is 35.5 Å². The monoisotopic (exact) mass is 231 g/mol. The average Bonchev–Trinajstić information content (AvgIpc) is 2.65. The van der Waals surface area contributed by atoms with Gasteiger partial charge in [0.1, 0.15) is 0 Å². The van der Waals surface area contributed by atoms with E-state index in [2.05, 4.69) is 53.7 Å². The van der Waals surface area contributed by atoms with Gasteiger partial charge in [0, 0.05) is 36.2 Å². The highest BCUT2D eigenvalue weighted by molar-refractivity contribution is 5.84. The van der Waals surface area contributed by atoms with Gasteiger partial charge in [-0.25, -0.2) is 0 Å². The molecule has 0 fully saturated rings. The van der Waals surface area contributed by atoms with Gasteiger partial charge in [-0.05, 0) is 25.1 Å². The molecule has 17 heavy (non-hydrogen) atoms. The van der Waals surface area contributed by atoms with Gasteiger partial charge in [-0.2, -0.15) is 0 Å². The number of H-pyrrole nitrogens is 1. The van der Waals surface area contributed by atoms with Gasteiger partial charge in [0.05, 0.1) is 0 Å². The molecule has 0 radical (unpaired) electrons. The molecule has 0 bridgehead atoms. The largest absolute Gasteiger partial charge is 0.358 e. The smallest absolute Gasteiger partial charge is 0.0459 e. The number of likely N-dealkylation sites (N-methyl/N-ethyl adjacent to an activating group) is 1. The van der Waals surface area contributed by atoms with E-state index < -0.39 is 0 Å². The lowest BCUT2D eigenvalue weighted by molar-refractivity contribution is 0.625. The maximum atomic E-state index is 3.47. The number of nitrogens with one attached hydrogen (secondary N) is 3. The average molecular weight is 231 g/mol. The van der Waals surface area contributed by atoms with E-state index in [-0.39, 0.29) is 0 Å². The van der Waals surface area contributed by atoms with Crippen molar-refractivity contribution in [2.45, 2.75) is 20.4 Å². The molecule has 2 aromatic rings. The first-order chi connectivity index (χ1) is 8.33. The fourth-order valence-electron chi connectivity index (χ4n) is 2.13. The van der Waals surface area contributed by atoms with Crippen molar-refractivity contribution in [3.8, 4) is 0 Å². The van der Waals surface area contributed by atoms with E-state index in [9.17, 15) is 0 Å². The van der Waals surface area contributed by atoms with Crippen molar-refractivity contribution in [1.29, 1.82) is 0 Å². The highest BCUT2D eigenvalue weighted by Gasteiger charge is 2.06. The molecule has 1 heterocycles. The Balaban J connectivity index is 2.00. The van der Waals surface area contributed by atoms with Gasteiger partial charge in [-0.15, -0.1) is 0 Å². The first-order valence-electron chi connectivity index (χ1n) is 6.30. The molecule has 0 saturated carbocycles. The summed E-state index contributed by atoms with van der Waals surface area (Å²) in [5, 5.41) is 8.12. The zero-order valence-corrected chi connectivity index (χ0v) is 10.6. The number of rotatable bonds is 6. The van der Waals surface area contributed by atoms with Crippen LogP contribution in [0.1, 0.15) is 18.2 Å². The lowest BCUT2D eigenvalue weighted by Gasteiger charge is -2.05. The predicted molar refractivity (Wildman–Crippen MR) is 73.3 cm³/mol. The number of fused-ring (bicyclic) bond motifs is 1. The van der Waals surface area contributed by atoms with Gasteiger partial charge in [0.15, 0.2) is 0 Å². The van der Waals surface area contributed by atoms with Crippen molar-refractivity contribution in [3.63, 3.8) is 0 Å². The van der Waals surface area contributed by atoms with Crippen LogP contribution in [-0.4, -0.2) is 24.6 Å². The van der Waals surface area contributed by atoms with Crippen molar-refractivity contribution >= 4 is 10.9 Å². The molecule has 0 spiro atoms. The minimum absolute atomic E-state index is 0.932. The molecule has 0 saturated heterocycles. The van der Waals surface area contributed by atoms with Crippen LogP contribution in [-0.2, 0) is 6.54 Å². The molecular formula is C14H21N3. The summed E-state index contributed by atoms with van der Waals surface area (Å²) in [5.41, 5.74) is 3.88. The standard InChI is InChI=1S/C14H21N3/c1-3-15-8-9-16-10-13-11(2)17-14-7-5-4-6-12(13)14/h4-7,15-17H,3,8-10H2,1-2H3. The Hall–Kier alpha value is -1.32. The molecule has 3 nitrogen and oxygen atoms in total. The number of aryl methyl sites for hydroxylation is 1. The zero-order valence-electron chi connectivity index (χ0n) is 10.6. The number of aromatic amines is 1. The molecule has 2 rings (SSSR count). The van der Waals surface area contributed by atoms with Crippen LogP contribution in [0.5, 0.6) is 0 Å². The Morgan fingerprint density at radius 1 is 1.12 bits per heavy atom. The van der Waals surface area contributed by atoms with Gasteiger partial charge in [-0.1, -0.05) is 25.1 Å². The van der Waals surface area contributed by atoms with E-state index in [4.69, 9.17) is 0 Å². The van der Waals surface area contributed by atoms with Crippen LogP contribution in [0.25, 0.3) is 10.9 Å². The zero-order chi connectivity index (χ0) is 12.1. The van der Waals surface area contributed by atoms with Crippen LogP contribution in [0, 0.1) is 6.92 Å². The Kier molecular flexibility index (Phi) is 4.18. The van der Waals surface area contributed by atoms with E-state index >= 15 is 0 Å². The van der Waals surface area contributed by atoms with Crippen LogP contribution in [0.3, 0.4) is 0 Å². The van der Waals surface area contributed by atoms with Crippen LogP contribution >= 0.6 is 0 Å². The molecule has 1 aromatic heterocycles. The highest BCUT2D eigenvalue weighted by atomic mass is 14.9. The number of hydrogen-bond donors (Lipinski definition) is 3. The number of para-hydroxylation sites is 1. The fraction of sp³-hybridized carbons (Fsp3) is 0.429. The van der Waals surface area contributed by atoms with Gasteiger partial charge in [0.2, 0.25) is 0 Å². The van der Waals surface area contributed by atoms with E-state index in [0.29, 0.717) is 0 Å². The maximum absolute atomic E-state index is 3.47. The minimum atomic E-state index is 0.932.